The number of aryl methyl sites for hydroxylation is 2. The van der Waals surface area contributed by atoms with Crippen molar-refractivity contribution in [3.05, 3.63) is 64.7 Å². The summed E-state index contributed by atoms with van der Waals surface area (Å²) in [5.41, 5.74) is 4.38. The average Bonchev–Trinajstić information content (AvgIpc) is 2.59. The lowest BCUT2D eigenvalue weighted by atomic mass is 10.0. The quantitative estimate of drug-likeness (QED) is 0.882. The van der Waals surface area contributed by atoms with Gasteiger partial charge in [0.05, 0.1) is 7.11 Å². The maximum absolute atomic E-state index is 12.3. The maximum Gasteiger partial charge on any atom is 0.251 e. The fraction of sp³-hybridized carbons (Fsp3) is 0.316. The highest BCUT2D eigenvalue weighted by Crippen LogP contribution is 2.15. The van der Waals surface area contributed by atoms with Gasteiger partial charge in [0.2, 0.25) is 0 Å². The zero-order chi connectivity index (χ0) is 15.9. The molecule has 116 valence electrons. The first kappa shape index (κ1) is 16.1. The minimum atomic E-state index is -0.0807. The van der Waals surface area contributed by atoms with Crippen LogP contribution >= 0.6 is 0 Å². The van der Waals surface area contributed by atoms with Crippen LogP contribution in [0.1, 0.15) is 40.9 Å². The van der Waals surface area contributed by atoms with Crippen LogP contribution < -0.4 is 10.1 Å². The van der Waals surface area contributed by atoms with Gasteiger partial charge in [-0.2, -0.15) is 0 Å². The Labute approximate surface area is 132 Å². The van der Waals surface area contributed by atoms with Gasteiger partial charge in [-0.3, -0.25) is 4.79 Å². The number of carbonyl (C=O) groups excluding carboxylic acids is 1. The third kappa shape index (κ3) is 3.88. The molecule has 0 radical (unpaired) electrons. The zero-order valence-electron chi connectivity index (χ0n) is 13.5. The second-order valence-corrected chi connectivity index (χ2v) is 5.22. The molecular formula is C19H23NO2. The fourth-order valence-corrected chi connectivity index (χ4v) is 2.45. The smallest absolute Gasteiger partial charge is 0.251 e. The van der Waals surface area contributed by atoms with Crippen LogP contribution in [-0.4, -0.2) is 13.0 Å². The third-order valence-corrected chi connectivity index (χ3v) is 3.83. The molecule has 2 aromatic carbocycles. The van der Waals surface area contributed by atoms with Crippen molar-refractivity contribution in [3.63, 3.8) is 0 Å². The molecule has 1 N–H and O–H groups in total. The van der Waals surface area contributed by atoms with Crippen molar-refractivity contribution in [2.24, 2.45) is 0 Å². The molecule has 0 aliphatic heterocycles. The molecule has 0 bridgehead atoms. The minimum absolute atomic E-state index is 0.0807. The van der Waals surface area contributed by atoms with Crippen molar-refractivity contribution >= 4 is 5.91 Å². The average molecular weight is 297 g/mol. The summed E-state index contributed by atoms with van der Waals surface area (Å²) in [5, 5.41) is 3.00. The second-order valence-electron chi connectivity index (χ2n) is 5.22. The van der Waals surface area contributed by atoms with E-state index in [4.69, 9.17) is 4.74 Å². The zero-order valence-corrected chi connectivity index (χ0v) is 13.5. The minimum Gasteiger partial charge on any atom is -0.497 e. The topological polar surface area (TPSA) is 38.3 Å². The number of amides is 1. The Bertz CT molecular complexity index is 650. The number of methoxy groups -OCH3 is 1. The standard InChI is InChI=1S/C19H23NO2/c1-4-14-9-10-15(5-2)17(11-14)13-20-19(21)16-7-6-8-18(12-16)22-3/h6-12H,4-5,13H2,1-3H3,(H,20,21). The molecule has 0 aliphatic rings. The third-order valence-electron chi connectivity index (χ3n) is 3.83. The summed E-state index contributed by atoms with van der Waals surface area (Å²) in [6.45, 7) is 4.82. The van der Waals surface area contributed by atoms with Gasteiger partial charge in [0.15, 0.2) is 0 Å². The fourth-order valence-electron chi connectivity index (χ4n) is 2.45. The molecule has 3 nitrogen and oxygen atoms in total. The van der Waals surface area contributed by atoms with E-state index < -0.39 is 0 Å². The van der Waals surface area contributed by atoms with Crippen LogP contribution in [0.2, 0.25) is 0 Å². The van der Waals surface area contributed by atoms with E-state index in [-0.39, 0.29) is 5.91 Å². The van der Waals surface area contributed by atoms with Gasteiger partial charge in [-0.05, 0) is 47.7 Å². The summed E-state index contributed by atoms with van der Waals surface area (Å²) in [7, 11) is 1.60. The molecule has 1 amide bonds. The Morgan fingerprint density at radius 1 is 1.05 bits per heavy atom. The molecule has 0 unspecified atom stereocenters. The number of hydrogen-bond acceptors (Lipinski definition) is 2. The lowest BCUT2D eigenvalue weighted by Crippen LogP contribution is -2.23. The Kier molecular flexibility index (Phi) is 5.59. The van der Waals surface area contributed by atoms with E-state index in [9.17, 15) is 4.79 Å². The van der Waals surface area contributed by atoms with Gasteiger partial charge in [-0.25, -0.2) is 0 Å². The van der Waals surface area contributed by atoms with Crippen LogP contribution in [0.3, 0.4) is 0 Å². The molecule has 2 rings (SSSR count). The van der Waals surface area contributed by atoms with Crippen molar-refractivity contribution in [1.82, 2.24) is 5.32 Å². The SMILES string of the molecule is CCc1ccc(CC)c(CNC(=O)c2cccc(OC)c2)c1. The van der Waals surface area contributed by atoms with Gasteiger partial charge < -0.3 is 10.1 Å². The van der Waals surface area contributed by atoms with Crippen LogP contribution in [0.25, 0.3) is 0 Å². The van der Waals surface area contributed by atoms with Crippen LogP contribution in [0.15, 0.2) is 42.5 Å². The van der Waals surface area contributed by atoms with Gasteiger partial charge in [-0.15, -0.1) is 0 Å². The van der Waals surface area contributed by atoms with Gasteiger partial charge in [-0.1, -0.05) is 38.1 Å². The van der Waals surface area contributed by atoms with Crippen LogP contribution in [0, 0.1) is 0 Å². The lowest BCUT2D eigenvalue weighted by molar-refractivity contribution is 0.0950. The van der Waals surface area contributed by atoms with Crippen molar-refractivity contribution in [2.45, 2.75) is 33.2 Å². The monoisotopic (exact) mass is 297 g/mol. The van der Waals surface area contributed by atoms with Gasteiger partial charge >= 0.3 is 0 Å². The largest absolute Gasteiger partial charge is 0.497 e. The Hall–Kier alpha value is -2.29. The van der Waals surface area contributed by atoms with Crippen molar-refractivity contribution in [3.8, 4) is 5.75 Å². The first-order chi connectivity index (χ1) is 10.7. The van der Waals surface area contributed by atoms with E-state index in [2.05, 4.69) is 37.4 Å². The number of benzene rings is 2. The Morgan fingerprint density at radius 3 is 2.55 bits per heavy atom. The number of ether oxygens (including phenoxy) is 1. The predicted molar refractivity (Wildman–Crippen MR) is 89.4 cm³/mol. The molecule has 0 atom stereocenters. The Morgan fingerprint density at radius 2 is 1.86 bits per heavy atom. The van der Waals surface area contributed by atoms with Crippen molar-refractivity contribution in [2.75, 3.05) is 7.11 Å². The highest BCUT2D eigenvalue weighted by atomic mass is 16.5. The molecule has 0 saturated heterocycles. The van der Waals surface area contributed by atoms with Gasteiger partial charge in [0, 0.05) is 12.1 Å². The van der Waals surface area contributed by atoms with Crippen LogP contribution in [0.4, 0.5) is 0 Å². The molecule has 0 heterocycles. The van der Waals surface area contributed by atoms with E-state index in [1.165, 1.54) is 16.7 Å². The Balaban J connectivity index is 2.10. The molecule has 0 aliphatic carbocycles. The van der Waals surface area contributed by atoms with Gasteiger partial charge in [0.1, 0.15) is 5.75 Å². The molecule has 22 heavy (non-hydrogen) atoms. The van der Waals surface area contributed by atoms with E-state index in [0.29, 0.717) is 17.9 Å². The lowest BCUT2D eigenvalue weighted by Gasteiger charge is -2.12. The molecule has 3 heteroatoms. The molecule has 2 aromatic rings. The van der Waals surface area contributed by atoms with E-state index in [0.717, 1.165) is 12.8 Å². The summed E-state index contributed by atoms with van der Waals surface area (Å²) in [5.74, 6) is 0.609. The number of rotatable bonds is 6. The summed E-state index contributed by atoms with van der Waals surface area (Å²) in [6.07, 6.45) is 1.97. The van der Waals surface area contributed by atoms with Gasteiger partial charge in [0.25, 0.3) is 5.91 Å². The first-order valence-electron chi connectivity index (χ1n) is 7.70. The molecule has 0 spiro atoms. The van der Waals surface area contributed by atoms with E-state index in [1.54, 1.807) is 19.2 Å². The van der Waals surface area contributed by atoms with Crippen LogP contribution in [-0.2, 0) is 19.4 Å². The number of carbonyl (C=O) groups is 1. The molecular weight excluding hydrogens is 274 g/mol. The number of nitrogens with one attached hydrogen (secondary N) is 1. The highest BCUT2D eigenvalue weighted by Gasteiger charge is 2.08. The molecule has 0 aromatic heterocycles. The van der Waals surface area contributed by atoms with E-state index in [1.807, 2.05) is 12.1 Å². The maximum atomic E-state index is 12.3. The summed E-state index contributed by atoms with van der Waals surface area (Å²) < 4.78 is 5.15. The summed E-state index contributed by atoms with van der Waals surface area (Å²) in [6, 6.07) is 13.7. The summed E-state index contributed by atoms with van der Waals surface area (Å²) >= 11 is 0. The molecule has 0 fully saturated rings. The highest BCUT2D eigenvalue weighted by molar-refractivity contribution is 5.94. The van der Waals surface area contributed by atoms with Crippen molar-refractivity contribution in [1.29, 1.82) is 0 Å². The normalized spacial score (nSPS) is 10.3. The van der Waals surface area contributed by atoms with E-state index >= 15 is 0 Å². The number of hydrogen-bond donors (Lipinski definition) is 1. The first-order valence-corrected chi connectivity index (χ1v) is 7.70. The second kappa shape index (κ2) is 7.64. The predicted octanol–water partition coefficient (Wildman–Crippen LogP) is 3.75. The summed E-state index contributed by atoms with van der Waals surface area (Å²) in [4.78, 5) is 12.3. The van der Waals surface area contributed by atoms with Crippen LogP contribution in [0.5, 0.6) is 5.75 Å². The molecule has 0 saturated carbocycles. The van der Waals surface area contributed by atoms with Crippen molar-refractivity contribution < 1.29 is 9.53 Å².